The molecule has 8 heteroatoms. The molecule has 1 heterocycles. The predicted molar refractivity (Wildman–Crippen MR) is 136 cm³/mol. The maximum atomic E-state index is 13.0. The van der Waals surface area contributed by atoms with E-state index in [2.05, 4.69) is 5.32 Å². The van der Waals surface area contributed by atoms with E-state index in [0.29, 0.717) is 36.8 Å². The molecule has 4 rings (SSSR count). The molecule has 0 radical (unpaired) electrons. The second-order valence-corrected chi connectivity index (χ2v) is 10.4. The second kappa shape index (κ2) is 10.8. The molecule has 1 atom stereocenters. The Morgan fingerprint density at radius 2 is 1.66 bits per heavy atom. The van der Waals surface area contributed by atoms with E-state index < -0.39 is 10.0 Å². The number of nitrogens with one attached hydrogen (secondary N) is 1. The molecule has 184 valence electrons. The van der Waals surface area contributed by atoms with Crippen LogP contribution in [0.15, 0.2) is 72.8 Å². The first-order chi connectivity index (χ1) is 16.8. The van der Waals surface area contributed by atoms with Crippen LogP contribution in [0.5, 0.6) is 11.5 Å². The number of benzene rings is 3. The number of rotatable bonds is 9. The maximum absolute atomic E-state index is 13.0. The van der Waals surface area contributed by atoms with Crippen molar-refractivity contribution in [1.29, 1.82) is 0 Å². The number of hydrogen-bond acceptors (Lipinski definition) is 5. The van der Waals surface area contributed by atoms with Crippen molar-refractivity contribution in [2.75, 3.05) is 30.3 Å². The van der Waals surface area contributed by atoms with Gasteiger partial charge in [-0.3, -0.25) is 9.10 Å². The van der Waals surface area contributed by atoms with Crippen LogP contribution in [-0.4, -0.2) is 40.3 Å². The van der Waals surface area contributed by atoms with Gasteiger partial charge in [-0.2, -0.15) is 0 Å². The number of carbonyl (C=O) groups excluding carboxylic acids is 1. The fourth-order valence-electron chi connectivity index (χ4n) is 4.19. The van der Waals surface area contributed by atoms with E-state index in [4.69, 9.17) is 9.47 Å². The monoisotopic (exact) mass is 494 g/mol. The summed E-state index contributed by atoms with van der Waals surface area (Å²) in [5, 5.41) is 3.14. The Morgan fingerprint density at radius 1 is 0.971 bits per heavy atom. The molecule has 1 aliphatic rings. The van der Waals surface area contributed by atoms with Crippen molar-refractivity contribution >= 4 is 21.6 Å². The summed E-state index contributed by atoms with van der Waals surface area (Å²) < 4.78 is 37.5. The number of nitrogens with zero attached hydrogens (tertiary/aromatic N) is 1. The van der Waals surface area contributed by atoms with E-state index in [1.54, 1.807) is 18.2 Å². The van der Waals surface area contributed by atoms with Crippen molar-refractivity contribution in [1.82, 2.24) is 5.32 Å². The molecule has 1 amide bonds. The smallest absolute Gasteiger partial charge is 0.232 e. The van der Waals surface area contributed by atoms with E-state index in [-0.39, 0.29) is 24.9 Å². The van der Waals surface area contributed by atoms with Gasteiger partial charge in [0.1, 0.15) is 13.2 Å². The molecule has 0 unspecified atom stereocenters. The Hall–Kier alpha value is -3.52. The number of hydrogen-bond donors (Lipinski definition) is 1. The Bertz CT molecular complexity index is 1280. The molecule has 0 aromatic heterocycles. The first-order valence-electron chi connectivity index (χ1n) is 11.6. The summed E-state index contributed by atoms with van der Waals surface area (Å²) in [6.45, 7) is 3.07. The lowest BCUT2D eigenvalue weighted by atomic mass is 9.95. The van der Waals surface area contributed by atoms with Gasteiger partial charge in [0, 0.05) is 19.0 Å². The van der Waals surface area contributed by atoms with E-state index in [9.17, 15) is 13.2 Å². The van der Waals surface area contributed by atoms with Gasteiger partial charge in [-0.1, -0.05) is 54.6 Å². The summed E-state index contributed by atoms with van der Waals surface area (Å²) in [5.74, 6) is 0.970. The Morgan fingerprint density at radius 3 is 2.37 bits per heavy atom. The minimum Gasteiger partial charge on any atom is -0.486 e. The standard InChI is InChI=1S/C27H30N2O5S/c1-20-9-6-7-12-23(20)27(21-10-4-3-5-11-21)28-26(30)13-8-16-29(35(2,31)32)22-14-15-24-25(19-22)34-18-17-33-24/h3-7,9-12,14-15,19,27H,8,13,16-18H2,1-2H3,(H,28,30)/t27-/m1/s1. The Labute approximate surface area is 206 Å². The third-order valence-corrected chi connectivity index (χ3v) is 7.11. The Kier molecular flexibility index (Phi) is 7.60. The number of sulfonamides is 1. The van der Waals surface area contributed by atoms with Crippen LogP contribution in [0.1, 0.15) is 35.6 Å². The Balaban J connectivity index is 1.45. The zero-order valence-corrected chi connectivity index (χ0v) is 20.8. The van der Waals surface area contributed by atoms with Crippen LogP contribution in [0.3, 0.4) is 0 Å². The van der Waals surface area contributed by atoms with Gasteiger partial charge in [0.25, 0.3) is 0 Å². The molecule has 3 aromatic rings. The van der Waals surface area contributed by atoms with Crippen LogP contribution < -0.4 is 19.1 Å². The van der Waals surface area contributed by atoms with E-state index >= 15 is 0 Å². The quantitative estimate of drug-likeness (QED) is 0.482. The summed E-state index contributed by atoms with van der Waals surface area (Å²) in [6, 6.07) is 22.6. The molecule has 0 fully saturated rings. The maximum Gasteiger partial charge on any atom is 0.232 e. The lowest BCUT2D eigenvalue weighted by molar-refractivity contribution is -0.121. The average molecular weight is 495 g/mol. The van der Waals surface area contributed by atoms with Gasteiger partial charge >= 0.3 is 0 Å². The van der Waals surface area contributed by atoms with Crippen LogP contribution in [0.25, 0.3) is 0 Å². The van der Waals surface area contributed by atoms with Crippen molar-refractivity contribution in [2.45, 2.75) is 25.8 Å². The molecular weight excluding hydrogens is 464 g/mol. The fourth-order valence-corrected chi connectivity index (χ4v) is 5.14. The van der Waals surface area contributed by atoms with Gasteiger partial charge in [0.15, 0.2) is 11.5 Å². The topological polar surface area (TPSA) is 84.9 Å². The number of amides is 1. The van der Waals surface area contributed by atoms with Gasteiger partial charge in [0.05, 0.1) is 18.0 Å². The van der Waals surface area contributed by atoms with Crippen LogP contribution in [-0.2, 0) is 14.8 Å². The van der Waals surface area contributed by atoms with Crippen molar-refractivity contribution in [3.05, 3.63) is 89.5 Å². The van der Waals surface area contributed by atoms with Gasteiger partial charge in [0.2, 0.25) is 15.9 Å². The predicted octanol–water partition coefficient (Wildman–Crippen LogP) is 4.22. The summed E-state index contributed by atoms with van der Waals surface area (Å²) in [5.41, 5.74) is 3.59. The normalized spacial score (nSPS) is 13.7. The highest BCUT2D eigenvalue weighted by Crippen LogP contribution is 2.34. The van der Waals surface area contributed by atoms with Crippen LogP contribution >= 0.6 is 0 Å². The number of carbonyl (C=O) groups is 1. The summed E-state index contributed by atoms with van der Waals surface area (Å²) in [6.07, 6.45) is 1.71. The molecule has 35 heavy (non-hydrogen) atoms. The van der Waals surface area contributed by atoms with E-state index in [1.165, 1.54) is 4.31 Å². The highest BCUT2D eigenvalue weighted by Gasteiger charge is 2.22. The minimum atomic E-state index is -3.55. The average Bonchev–Trinajstić information content (AvgIpc) is 2.85. The molecule has 0 aliphatic carbocycles. The third-order valence-electron chi connectivity index (χ3n) is 5.92. The van der Waals surface area contributed by atoms with Gasteiger partial charge < -0.3 is 14.8 Å². The molecule has 3 aromatic carbocycles. The molecule has 1 N–H and O–H groups in total. The molecular formula is C27H30N2O5S. The van der Waals surface area contributed by atoms with Crippen LogP contribution in [0.2, 0.25) is 0 Å². The van der Waals surface area contributed by atoms with Crippen molar-refractivity contribution < 1.29 is 22.7 Å². The van der Waals surface area contributed by atoms with Crippen LogP contribution in [0, 0.1) is 6.92 Å². The third kappa shape index (κ3) is 6.14. The SMILES string of the molecule is Cc1ccccc1[C@H](NC(=O)CCCN(c1ccc2c(c1)OCCO2)S(C)(=O)=O)c1ccccc1. The van der Waals surface area contributed by atoms with Crippen molar-refractivity contribution in [3.63, 3.8) is 0 Å². The zero-order chi connectivity index (χ0) is 24.8. The van der Waals surface area contributed by atoms with Crippen molar-refractivity contribution in [3.8, 4) is 11.5 Å². The molecule has 1 aliphatic heterocycles. The van der Waals surface area contributed by atoms with Crippen LogP contribution in [0.4, 0.5) is 5.69 Å². The summed E-state index contributed by atoms with van der Waals surface area (Å²) in [7, 11) is -3.55. The number of anilines is 1. The number of aryl methyl sites for hydroxylation is 1. The van der Waals surface area contributed by atoms with E-state index in [1.807, 2.05) is 61.5 Å². The largest absolute Gasteiger partial charge is 0.486 e. The second-order valence-electron chi connectivity index (χ2n) is 8.53. The first-order valence-corrected chi connectivity index (χ1v) is 13.4. The molecule has 0 saturated carbocycles. The lowest BCUT2D eigenvalue weighted by Gasteiger charge is -2.25. The van der Waals surface area contributed by atoms with Crippen molar-refractivity contribution in [2.24, 2.45) is 0 Å². The zero-order valence-electron chi connectivity index (χ0n) is 19.9. The first kappa shape index (κ1) is 24.6. The molecule has 0 saturated heterocycles. The highest BCUT2D eigenvalue weighted by molar-refractivity contribution is 7.92. The van der Waals surface area contributed by atoms with E-state index in [0.717, 1.165) is 22.9 Å². The molecule has 7 nitrogen and oxygen atoms in total. The molecule has 0 spiro atoms. The number of fused-ring (bicyclic) bond motifs is 1. The highest BCUT2D eigenvalue weighted by atomic mass is 32.2. The summed E-state index contributed by atoms with van der Waals surface area (Å²) >= 11 is 0. The van der Waals surface area contributed by atoms with Gasteiger partial charge in [-0.25, -0.2) is 8.42 Å². The minimum absolute atomic E-state index is 0.141. The van der Waals surface area contributed by atoms with Gasteiger partial charge in [-0.05, 0) is 42.2 Å². The van der Waals surface area contributed by atoms with Gasteiger partial charge in [-0.15, -0.1) is 0 Å². The lowest BCUT2D eigenvalue weighted by Crippen LogP contribution is -2.33. The molecule has 0 bridgehead atoms. The summed E-state index contributed by atoms with van der Waals surface area (Å²) in [4.78, 5) is 13.0. The fraction of sp³-hybridized carbons (Fsp3) is 0.296. The number of ether oxygens (including phenoxy) is 2.